The van der Waals surface area contributed by atoms with Crippen molar-refractivity contribution in [1.29, 1.82) is 0 Å². The lowest BCUT2D eigenvalue weighted by Crippen LogP contribution is -2.07. The molecule has 0 radical (unpaired) electrons. The molecule has 0 spiro atoms. The average Bonchev–Trinajstić information content (AvgIpc) is 2.58. The number of hydrogen-bond acceptors (Lipinski definition) is 4. The van der Waals surface area contributed by atoms with Crippen LogP contribution in [0.5, 0.6) is 17.2 Å². The SMILES string of the molecule is O=P(Oc1ccccc1)(Oc1ccccc1)Oc1ccc(I)cc1. The van der Waals surface area contributed by atoms with Gasteiger partial charge >= 0.3 is 7.82 Å². The Balaban J connectivity index is 1.87. The molecular formula is C18H14IO4P. The molecule has 0 atom stereocenters. The van der Waals surface area contributed by atoms with Gasteiger partial charge in [-0.1, -0.05) is 36.4 Å². The average molecular weight is 452 g/mol. The molecule has 0 saturated heterocycles. The number of rotatable bonds is 6. The lowest BCUT2D eigenvalue weighted by atomic mass is 10.3. The van der Waals surface area contributed by atoms with Gasteiger partial charge in [-0.05, 0) is 71.1 Å². The van der Waals surface area contributed by atoms with E-state index < -0.39 is 7.82 Å². The Bertz CT molecular complexity index is 777. The van der Waals surface area contributed by atoms with E-state index in [4.69, 9.17) is 13.6 Å². The Morgan fingerprint density at radius 3 is 1.38 bits per heavy atom. The van der Waals surface area contributed by atoms with Crippen molar-refractivity contribution in [2.24, 2.45) is 0 Å². The van der Waals surface area contributed by atoms with Crippen LogP contribution in [0.3, 0.4) is 0 Å². The summed E-state index contributed by atoms with van der Waals surface area (Å²) in [5.74, 6) is 1.22. The minimum absolute atomic E-state index is 0.405. The van der Waals surface area contributed by atoms with Gasteiger partial charge in [-0.3, -0.25) is 0 Å². The summed E-state index contributed by atoms with van der Waals surface area (Å²) in [6, 6.07) is 24.7. The zero-order chi connectivity index (χ0) is 16.8. The van der Waals surface area contributed by atoms with E-state index in [2.05, 4.69) is 22.6 Å². The molecule has 4 nitrogen and oxygen atoms in total. The highest BCUT2D eigenvalue weighted by Crippen LogP contribution is 2.49. The number of para-hydroxylation sites is 2. The third-order valence-corrected chi connectivity index (χ3v) is 4.97. The van der Waals surface area contributed by atoms with Crippen LogP contribution in [0.1, 0.15) is 0 Å². The fourth-order valence-electron chi connectivity index (χ4n) is 1.90. The summed E-state index contributed by atoms with van der Waals surface area (Å²) < 4.78 is 30.9. The third kappa shape index (κ3) is 4.76. The molecule has 24 heavy (non-hydrogen) atoms. The summed E-state index contributed by atoms with van der Waals surface area (Å²) in [5, 5.41) is 0. The fourth-order valence-corrected chi connectivity index (χ4v) is 3.51. The van der Waals surface area contributed by atoms with Crippen molar-refractivity contribution in [3.05, 3.63) is 88.5 Å². The first-order valence-electron chi connectivity index (χ1n) is 7.17. The molecule has 0 aliphatic carbocycles. The standard InChI is InChI=1S/C18H14IO4P/c19-15-11-13-18(14-12-15)23-24(20,21-16-7-3-1-4-8-16)22-17-9-5-2-6-10-17/h1-14H. The Morgan fingerprint density at radius 2 is 0.958 bits per heavy atom. The maximum atomic E-state index is 13.1. The summed E-state index contributed by atoms with van der Waals surface area (Å²) in [7, 11) is -3.90. The van der Waals surface area contributed by atoms with Gasteiger partial charge in [0, 0.05) is 3.57 Å². The summed E-state index contributed by atoms with van der Waals surface area (Å²) in [6.45, 7) is 0. The van der Waals surface area contributed by atoms with Gasteiger partial charge in [0.25, 0.3) is 0 Å². The van der Waals surface area contributed by atoms with E-state index >= 15 is 0 Å². The highest BCUT2D eigenvalue weighted by atomic mass is 127. The number of phosphoric ester groups is 1. The highest BCUT2D eigenvalue weighted by Gasteiger charge is 2.33. The number of halogens is 1. The first-order chi connectivity index (χ1) is 11.6. The van der Waals surface area contributed by atoms with E-state index in [-0.39, 0.29) is 0 Å². The maximum absolute atomic E-state index is 13.1. The molecule has 0 unspecified atom stereocenters. The second-order valence-corrected chi connectivity index (χ2v) is 7.49. The van der Waals surface area contributed by atoms with Crippen molar-refractivity contribution in [2.75, 3.05) is 0 Å². The van der Waals surface area contributed by atoms with Gasteiger partial charge in [0.15, 0.2) is 0 Å². The second-order valence-electron chi connectivity index (χ2n) is 4.80. The predicted molar refractivity (Wildman–Crippen MR) is 102 cm³/mol. The van der Waals surface area contributed by atoms with E-state index in [1.54, 1.807) is 60.7 Å². The molecular weight excluding hydrogens is 438 g/mol. The van der Waals surface area contributed by atoms with E-state index in [0.29, 0.717) is 17.2 Å². The first-order valence-corrected chi connectivity index (χ1v) is 9.71. The zero-order valence-electron chi connectivity index (χ0n) is 12.5. The van der Waals surface area contributed by atoms with Crippen LogP contribution >= 0.6 is 30.4 Å². The number of phosphoric acid groups is 1. The molecule has 0 aliphatic rings. The van der Waals surface area contributed by atoms with Crippen molar-refractivity contribution in [3.8, 4) is 17.2 Å². The Morgan fingerprint density at radius 1 is 0.583 bits per heavy atom. The van der Waals surface area contributed by atoms with Crippen LogP contribution in [0.4, 0.5) is 0 Å². The largest absolute Gasteiger partial charge is 0.647 e. The van der Waals surface area contributed by atoms with Crippen LogP contribution in [-0.4, -0.2) is 0 Å². The molecule has 3 aromatic rings. The number of benzene rings is 3. The maximum Gasteiger partial charge on any atom is 0.647 e. The monoisotopic (exact) mass is 452 g/mol. The van der Waals surface area contributed by atoms with Crippen LogP contribution < -0.4 is 13.6 Å². The molecule has 0 bridgehead atoms. The zero-order valence-corrected chi connectivity index (χ0v) is 15.6. The van der Waals surface area contributed by atoms with Crippen molar-refractivity contribution >= 4 is 30.4 Å². The van der Waals surface area contributed by atoms with Crippen molar-refractivity contribution in [2.45, 2.75) is 0 Å². The van der Waals surface area contributed by atoms with E-state index in [1.807, 2.05) is 24.3 Å². The van der Waals surface area contributed by atoms with Crippen LogP contribution in [0, 0.1) is 3.57 Å². The van der Waals surface area contributed by atoms with Crippen molar-refractivity contribution in [1.82, 2.24) is 0 Å². The van der Waals surface area contributed by atoms with Gasteiger partial charge in [-0.15, -0.1) is 0 Å². The molecule has 3 aromatic carbocycles. The molecule has 6 heteroatoms. The van der Waals surface area contributed by atoms with E-state index in [0.717, 1.165) is 3.57 Å². The Hall–Kier alpha value is -1.98. The Kier molecular flexibility index (Phi) is 5.43. The van der Waals surface area contributed by atoms with Gasteiger partial charge in [-0.25, -0.2) is 0 Å². The van der Waals surface area contributed by atoms with Gasteiger partial charge in [0.2, 0.25) is 0 Å². The van der Waals surface area contributed by atoms with E-state index in [1.165, 1.54) is 0 Å². The fraction of sp³-hybridized carbons (Fsp3) is 0. The van der Waals surface area contributed by atoms with Crippen molar-refractivity contribution in [3.63, 3.8) is 0 Å². The lowest BCUT2D eigenvalue weighted by Gasteiger charge is -2.19. The Labute approximate surface area is 154 Å². The van der Waals surface area contributed by atoms with Gasteiger partial charge in [0.1, 0.15) is 17.2 Å². The highest BCUT2D eigenvalue weighted by molar-refractivity contribution is 14.1. The summed E-state index contributed by atoms with van der Waals surface area (Å²) in [4.78, 5) is 0. The van der Waals surface area contributed by atoms with Gasteiger partial charge in [0.05, 0.1) is 0 Å². The molecule has 122 valence electrons. The molecule has 0 heterocycles. The van der Waals surface area contributed by atoms with Crippen molar-refractivity contribution < 1.29 is 18.1 Å². The molecule has 0 N–H and O–H groups in total. The molecule has 3 rings (SSSR count). The van der Waals surface area contributed by atoms with E-state index in [9.17, 15) is 4.57 Å². The molecule has 0 saturated carbocycles. The van der Waals surface area contributed by atoms with Gasteiger partial charge in [-0.2, -0.15) is 4.57 Å². The molecule has 0 amide bonds. The summed E-state index contributed by atoms with van der Waals surface area (Å²) in [5.41, 5.74) is 0. The number of hydrogen-bond donors (Lipinski definition) is 0. The van der Waals surface area contributed by atoms with Crippen LogP contribution in [0.2, 0.25) is 0 Å². The first kappa shape index (κ1) is 16.9. The van der Waals surface area contributed by atoms with Crippen LogP contribution in [-0.2, 0) is 4.57 Å². The molecule has 0 aromatic heterocycles. The topological polar surface area (TPSA) is 44.8 Å². The van der Waals surface area contributed by atoms with Gasteiger partial charge < -0.3 is 13.6 Å². The van der Waals surface area contributed by atoms with Crippen LogP contribution in [0.25, 0.3) is 0 Å². The van der Waals surface area contributed by atoms with Crippen LogP contribution in [0.15, 0.2) is 84.9 Å². The minimum atomic E-state index is -3.90. The lowest BCUT2D eigenvalue weighted by molar-refractivity contribution is 0.298. The quantitative estimate of drug-likeness (QED) is 0.343. The molecule has 0 fully saturated rings. The smallest absolute Gasteiger partial charge is 0.386 e. The normalized spacial score (nSPS) is 10.9. The third-order valence-electron chi connectivity index (χ3n) is 2.95. The minimum Gasteiger partial charge on any atom is -0.386 e. The predicted octanol–water partition coefficient (Wildman–Crippen LogP) is 5.94. The second kappa shape index (κ2) is 7.73. The summed E-state index contributed by atoms with van der Waals surface area (Å²) >= 11 is 2.18. The molecule has 0 aliphatic heterocycles. The summed E-state index contributed by atoms with van der Waals surface area (Å²) in [6.07, 6.45) is 0.